The maximum absolute atomic E-state index is 4.12. The zero-order chi connectivity index (χ0) is 9.97. The van der Waals surface area contributed by atoms with Gasteiger partial charge in [0, 0.05) is 19.8 Å². The minimum Gasteiger partial charge on any atom is -0.360 e. The average Bonchev–Trinajstić information content (AvgIpc) is 2.74. The summed E-state index contributed by atoms with van der Waals surface area (Å²) < 4.78 is 2.04. The number of aromatic nitrogens is 3. The van der Waals surface area contributed by atoms with Gasteiger partial charge in [0.25, 0.3) is 0 Å². The number of aryl methyl sites for hydroxylation is 1. The summed E-state index contributed by atoms with van der Waals surface area (Å²) in [6.07, 6.45) is 2.00. The largest absolute Gasteiger partial charge is 0.360 e. The fourth-order valence-corrected chi connectivity index (χ4v) is 2.11. The highest BCUT2D eigenvalue weighted by atomic mass is 32.1. The number of rotatable bonds is 3. The van der Waals surface area contributed by atoms with E-state index in [1.54, 1.807) is 11.3 Å². The first-order valence-corrected chi connectivity index (χ1v) is 5.32. The number of nitrogens with one attached hydrogen (secondary N) is 1. The molecule has 0 atom stereocenters. The van der Waals surface area contributed by atoms with Gasteiger partial charge >= 0.3 is 0 Å². The fraction of sp³-hybridized carbons (Fsp3) is 0.333. The molecule has 0 aliphatic heterocycles. The molecule has 5 heteroatoms. The van der Waals surface area contributed by atoms with Crippen molar-refractivity contribution in [1.29, 1.82) is 0 Å². The Balaban J connectivity index is 2.29. The Morgan fingerprint density at radius 2 is 2.36 bits per heavy atom. The molecular weight excluding hydrogens is 196 g/mol. The van der Waals surface area contributed by atoms with E-state index in [1.165, 1.54) is 0 Å². The van der Waals surface area contributed by atoms with Crippen LogP contribution in [0.25, 0.3) is 10.7 Å². The number of hydrogen-bond acceptors (Lipinski definition) is 4. The van der Waals surface area contributed by atoms with Crippen molar-refractivity contribution in [2.24, 2.45) is 7.05 Å². The van der Waals surface area contributed by atoms with Gasteiger partial charge < -0.3 is 9.88 Å². The Bertz CT molecular complexity index is 418. The van der Waals surface area contributed by atoms with Crippen molar-refractivity contribution < 1.29 is 0 Å². The Morgan fingerprint density at radius 3 is 3.00 bits per heavy atom. The van der Waals surface area contributed by atoms with Gasteiger partial charge in [0.05, 0.1) is 5.69 Å². The number of anilines is 1. The zero-order valence-corrected chi connectivity index (χ0v) is 9.01. The first kappa shape index (κ1) is 9.21. The van der Waals surface area contributed by atoms with Crippen LogP contribution in [0.5, 0.6) is 0 Å². The Morgan fingerprint density at radius 1 is 1.50 bits per heavy atom. The molecule has 2 rings (SSSR count). The average molecular weight is 208 g/mol. The molecule has 0 aliphatic rings. The van der Waals surface area contributed by atoms with Crippen LogP contribution in [-0.2, 0) is 7.05 Å². The van der Waals surface area contributed by atoms with E-state index in [9.17, 15) is 0 Å². The van der Waals surface area contributed by atoms with Gasteiger partial charge in [0.15, 0.2) is 5.01 Å². The van der Waals surface area contributed by atoms with Gasteiger partial charge in [-0.05, 0) is 19.1 Å². The monoisotopic (exact) mass is 208 g/mol. The standard InChI is InChI=1S/C9H12N4S/c1-3-10-9-12-11-8(14-9)7-5-4-6-13(7)2/h4-6H,3H2,1-2H3,(H,10,12). The van der Waals surface area contributed by atoms with Gasteiger partial charge in [-0.3, -0.25) is 0 Å². The van der Waals surface area contributed by atoms with Crippen LogP contribution in [0.1, 0.15) is 6.92 Å². The molecule has 0 fully saturated rings. The van der Waals surface area contributed by atoms with Crippen LogP contribution in [0.15, 0.2) is 18.3 Å². The van der Waals surface area contributed by atoms with Crippen LogP contribution in [0.2, 0.25) is 0 Å². The fourth-order valence-electron chi connectivity index (χ4n) is 1.23. The molecule has 0 bridgehead atoms. The lowest BCUT2D eigenvalue weighted by molar-refractivity contribution is 0.928. The van der Waals surface area contributed by atoms with E-state index in [2.05, 4.69) is 15.5 Å². The van der Waals surface area contributed by atoms with E-state index in [0.717, 1.165) is 22.4 Å². The van der Waals surface area contributed by atoms with Crippen molar-refractivity contribution in [1.82, 2.24) is 14.8 Å². The van der Waals surface area contributed by atoms with Crippen molar-refractivity contribution >= 4 is 16.5 Å². The predicted octanol–water partition coefficient (Wildman–Crippen LogP) is 1.98. The first-order chi connectivity index (χ1) is 6.81. The van der Waals surface area contributed by atoms with Crippen molar-refractivity contribution in [2.45, 2.75) is 6.92 Å². The molecule has 0 unspecified atom stereocenters. The highest BCUT2D eigenvalue weighted by molar-refractivity contribution is 7.18. The normalized spacial score (nSPS) is 10.4. The third-order valence-electron chi connectivity index (χ3n) is 1.92. The summed E-state index contributed by atoms with van der Waals surface area (Å²) >= 11 is 1.58. The molecule has 0 aliphatic carbocycles. The van der Waals surface area contributed by atoms with Crippen molar-refractivity contribution in [2.75, 3.05) is 11.9 Å². The van der Waals surface area contributed by atoms with Crippen molar-refractivity contribution in [3.8, 4) is 10.7 Å². The molecule has 14 heavy (non-hydrogen) atoms. The Hall–Kier alpha value is -1.36. The molecule has 2 aromatic heterocycles. The lowest BCUT2D eigenvalue weighted by Crippen LogP contribution is -1.94. The zero-order valence-electron chi connectivity index (χ0n) is 8.19. The van der Waals surface area contributed by atoms with Crippen LogP contribution < -0.4 is 5.32 Å². The molecule has 4 nitrogen and oxygen atoms in total. The molecule has 0 amide bonds. The molecule has 0 spiro atoms. The molecule has 1 N–H and O–H groups in total. The van der Waals surface area contributed by atoms with Gasteiger partial charge in [-0.2, -0.15) is 0 Å². The molecule has 0 saturated carbocycles. The number of nitrogens with zero attached hydrogens (tertiary/aromatic N) is 3. The third-order valence-corrected chi connectivity index (χ3v) is 2.82. The highest BCUT2D eigenvalue weighted by Gasteiger charge is 2.07. The quantitative estimate of drug-likeness (QED) is 0.838. The highest BCUT2D eigenvalue weighted by Crippen LogP contribution is 2.25. The van der Waals surface area contributed by atoms with E-state index in [4.69, 9.17) is 0 Å². The van der Waals surface area contributed by atoms with Gasteiger partial charge in [-0.1, -0.05) is 11.3 Å². The number of hydrogen-bond donors (Lipinski definition) is 1. The molecule has 0 saturated heterocycles. The van der Waals surface area contributed by atoms with Crippen LogP contribution in [0.4, 0.5) is 5.13 Å². The second-order valence-corrected chi connectivity index (χ2v) is 3.92. The summed E-state index contributed by atoms with van der Waals surface area (Å²) in [6, 6.07) is 4.04. The van der Waals surface area contributed by atoms with E-state index in [1.807, 2.05) is 36.9 Å². The summed E-state index contributed by atoms with van der Waals surface area (Å²) in [6.45, 7) is 2.92. The summed E-state index contributed by atoms with van der Waals surface area (Å²) in [5, 5.41) is 13.1. The second kappa shape index (κ2) is 3.79. The van der Waals surface area contributed by atoms with E-state index < -0.39 is 0 Å². The molecular formula is C9H12N4S. The smallest absolute Gasteiger partial charge is 0.206 e. The predicted molar refractivity (Wildman–Crippen MR) is 58.5 cm³/mol. The molecule has 2 heterocycles. The SMILES string of the molecule is CCNc1nnc(-c2cccn2C)s1. The van der Waals surface area contributed by atoms with E-state index in [0.29, 0.717) is 0 Å². The summed E-state index contributed by atoms with van der Waals surface area (Å²) in [7, 11) is 2.00. The van der Waals surface area contributed by atoms with Crippen molar-refractivity contribution in [3.05, 3.63) is 18.3 Å². The Kier molecular flexibility index (Phi) is 2.49. The maximum atomic E-state index is 4.12. The molecule has 0 radical (unpaired) electrons. The topological polar surface area (TPSA) is 42.7 Å². The van der Waals surface area contributed by atoms with Crippen LogP contribution in [0, 0.1) is 0 Å². The van der Waals surface area contributed by atoms with E-state index in [-0.39, 0.29) is 0 Å². The minimum absolute atomic E-state index is 0.877. The van der Waals surface area contributed by atoms with Crippen LogP contribution >= 0.6 is 11.3 Å². The first-order valence-electron chi connectivity index (χ1n) is 4.50. The second-order valence-electron chi connectivity index (χ2n) is 2.95. The molecule has 0 aromatic carbocycles. The lowest BCUT2D eigenvalue weighted by Gasteiger charge is -1.96. The summed E-state index contributed by atoms with van der Waals surface area (Å²) in [5.41, 5.74) is 1.10. The molecule has 2 aromatic rings. The van der Waals surface area contributed by atoms with E-state index >= 15 is 0 Å². The van der Waals surface area contributed by atoms with Crippen LogP contribution in [-0.4, -0.2) is 21.3 Å². The molecule has 74 valence electrons. The Labute approximate surface area is 86.6 Å². The van der Waals surface area contributed by atoms with Gasteiger partial charge in [0.2, 0.25) is 5.13 Å². The lowest BCUT2D eigenvalue weighted by atomic mass is 10.4. The summed E-state index contributed by atoms with van der Waals surface area (Å²) in [4.78, 5) is 0. The third kappa shape index (κ3) is 1.63. The minimum atomic E-state index is 0.877. The van der Waals surface area contributed by atoms with Gasteiger partial charge in [-0.25, -0.2) is 0 Å². The maximum Gasteiger partial charge on any atom is 0.206 e. The van der Waals surface area contributed by atoms with Gasteiger partial charge in [-0.15, -0.1) is 10.2 Å². The van der Waals surface area contributed by atoms with Crippen molar-refractivity contribution in [3.63, 3.8) is 0 Å². The van der Waals surface area contributed by atoms with Crippen LogP contribution in [0.3, 0.4) is 0 Å². The summed E-state index contributed by atoms with van der Waals surface area (Å²) in [5.74, 6) is 0. The van der Waals surface area contributed by atoms with Gasteiger partial charge in [0.1, 0.15) is 0 Å².